The van der Waals surface area contributed by atoms with Gasteiger partial charge < -0.3 is 16.8 Å². The van der Waals surface area contributed by atoms with Crippen LogP contribution in [0.5, 0.6) is 0 Å². The Morgan fingerprint density at radius 3 is 2.60 bits per heavy atom. The number of aldehydes is 1. The summed E-state index contributed by atoms with van der Waals surface area (Å²) in [4.78, 5) is 11.2. The highest BCUT2D eigenvalue weighted by atomic mass is 16.1. The Kier molecular flexibility index (Phi) is 4.49. The van der Waals surface area contributed by atoms with Gasteiger partial charge in [0.15, 0.2) is 12.1 Å². The van der Waals surface area contributed by atoms with Crippen LogP contribution in [0.15, 0.2) is 40.8 Å². The molecule has 6 N–H and O–H groups in total. The highest BCUT2D eigenvalue weighted by Crippen LogP contribution is 2.11. The molecule has 1 heterocycles. The molecule has 1 aromatic rings. The third-order valence-corrected chi connectivity index (χ3v) is 3.22. The van der Waals surface area contributed by atoms with Crippen molar-refractivity contribution in [3.63, 3.8) is 0 Å². The molecule has 1 aliphatic rings. The summed E-state index contributed by atoms with van der Waals surface area (Å²) in [7, 11) is 0. The first-order valence-corrected chi connectivity index (χ1v) is 6.54. The van der Waals surface area contributed by atoms with Crippen LogP contribution >= 0.6 is 0 Å². The van der Waals surface area contributed by atoms with Crippen molar-refractivity contribution >= 4 is 12.1 Å². The van der Waals surface area contributed by atoms with Gasteiger partial charge in [0.05, 0.1) is 5.70 Å². The maximum absolute atomic E-state index is 11.2. The number of hydrogen-bond acceptors (Lipinski definition) is 6. The molecular weight excluding hydrogens is 254 g/mol. The van der Waals surface area contributed by atoms with Gasteiger partial charge in [-0.3, -0.25) is 10.2 Å². The standard InChI is InChI=1S/C14H19N5O/c1-2-11(16)13-12(8-20)17-14(19-18-13)10-5-3-9(7-15)4-6-10/h3-6,8,11,18H,2,7,15-16H2,1H3,(H,17,19). The van der Waals surface area contributed by atoms with E-state index in [9.17, 15) is 4.79 Å². The van der Waals surface area contributed by atoms with Gasteiger partial charge in [-0.25, -0.2) is 0 Å². The van der Waals surface area contributed by atoms with Gasteiger partial charge in [-0.2, -0.15) is 5.10 Å². The third-order valence-electron chi connectivity index (χ3n) is 3.22. The Labute approximate surface area is 117 Å². The Morgan fingerprint density at radius 2 is 2.05 bits per heavy atom. The Morgan fingerprint density at radius 1 is 1.35 bits per heavy atom. The Hall–Kier alpha value is -2.18. The molecule has 20 heavy (non-hydrogen) atoms. The fraction of sp³-hybridized carbons (Fsp3) is 0.286. The zero-order valence-corrected chi connectivity index (χ0v) is 11.4. The SMILES string of the molecule is CCC(N)C1=C(C=O)NC(c2ccc(CN)cc2)=NN1. The predicted molar refractivity (Wildman–Crippen MR) is 78.5 cm³/mol. The molecule has 1 atom stereocenters. The highest BCUT2D eigenvalue weighted by molar-refractivity contribution is 6.03. The van der Waals surface area contributed by atoms with E-state index < -0.39 is 0 Å². The molecule has 0 aliphatic carbocycles. The summed E-state index contributed by atoms with van der Waals surface area (Å²) in [5.74, 6) is 0.586. The van der Waals surface area contributed by atoms with Crippen LogP contribution in [0.2, 0.25) is 0 Å². The fourth-order valence-electron chi connectivity index (χ4n) is 1.91. The van der Waals surface area contributed by atoms with Crippen LogP contribution in [0.3, 0.4) is 0 Å². The molecule has 0 radical (unpaired) electrons. The summed E-state index contributed by atoms with van der Waals surface area (Å²) < 4.78 is 0. The summed E-state index contributed by atoms with van der Waals surface area (Å²) in [6.07, 6.45) is 1.47. The lowest BCUT2D eigenvalue weighted by Gasteiger charge is -2.23. The molecule has 0 spiro atoms. The van der Waals surface area contributed by atoms with Crippen molar-refractivity contribution in [2.45, 2.75) is 25.9 Å². The molecule has 0 saturated heterocycles. The maximum Gasteiger partial charge on any atom is 0.168 e. The van der Waals surface area contributed by atoms with Gasteiger partial charge in [-0.05, 0) is 12.0 Å². The van der Waals surface area contributed by atoms with E-state index in [1.165, 1.54) is 0 Å². The first-order chi connectivity index (χ1) is 9.69. The minimum absolute atomic E-state index is 0.243. The minimum atomic E-state index is -0.243. The second-order valence-corrected chi connectivity index (χ2v) is 4.56. The average molecular weight is 273 g/mol. The van der Waals surface area contributed by atoms with Crippen molar-refractivity contribution in [2.24, 2.45) is 16.6 Å². The number of benzene rings is 1. The molecule has 0 bridgehead atoms. The molecule has 2 rings (SSSR count). The number of allylic oxidation sites excluding steroid dienone is 1. The summed E-state index contributed by atoms with van der Waals surface area (Å²) in [6.45, 7) is 2.44. The van der Waals surface area contributed by atoms with Crippen molar-refractivity contribution in [2.75, 3.05) is 0 Å². The average Bonchev–Trinajstić information content (AvgIpc) is 2.53. The second-order valence-electron chi connectivity index (χ2n) is 4.56. The monoisotopic (exact) mass is 273 g/mol. The molecule has 6 nitrogen and oxygen atoms in total. The lowest BCUT2D eigenvalue weighted by atomic mass is 10.1. The lowest BCUT2D eigenvalue weighted by Crippen LogP contribution is -2.40. The largest absolute Gasteiger partial charge is 0.334 e. The number of nitrogens with one attached hydrogen (secondary N) is 2. The van der Waals surface area contributed by atoms with Crippen molar-refractivity contribution < 1.29 is 4.79 Å². The van der Waals surface area contributed by atoms with Crippen molar-refractivity contribution in [3.05, 3.63) is 46.8 Å². The van der Waals surface area contributed by atoms with Crippen LogP contribution in [0, 0.1) is 0 Å². The number of nitrogens with two attached hydrogens (primary N) is 2. The van der Waals surface area contributed by atoms with Crippen molar-refractivity contribution in [3.8, 4) is 0 Å². The number of amidine groups is 1. The van der Waals surface area contributed by atoms with Crippen molar-refractivity contribution in [1.82, 2.24) is 10.7 Å². The van der Waals surface area contributed by atoms with E-state index in [2.05, 4.69) is 15.8 Å². The molecule has 0 saturated carbocycles. The third kappa shape index (κ3) is 2.87. The molecule has 0 aromatic heterocycles. The van der Waals surface area contributed by atoms with E-state index in [1.54, 1.807) is 0 Å². The van der Waals surface area contributed by atoms with Gasteiger partial charge in [0.25, 0.3) is 0 Å². The minimum Gasteiger partial charge on any atom is -0.334 e. The van der Waals surface area contributed by atoms with Crippen LogP contribution in [-0.4, -0.2) is 18.2 Å². The number of hydrazone groups is 1. The first-order valence-electron chi connectivity index (χ1n) is 6.54. The number of hydrogen-bond donors (Lipinski definition) is 4. The smallest absolute Gasteiger partial charge is 0.168 e. The van der Waals surface area contributed by atoms with E-state index in [0.717, 1.165) is 23.8 Å². The van der Waals surface area contributed by atoms with Crippen molar-refractivity contribution in [1.29, 1.82) is 0 Å². The topological polar surface area (TPSA) is 106 Å². The molecule has 106 valence electrons. The lowest BCUT2D eigenvalue weighted by molar-refractivity contribution is -0.105. The molecule has 1 aromatic carbocycles. The van der Waals surface area contributed by atoms with E-state index in [1.807, 2.05) is 31.2 Å². The zero-order chi connectivity index (χ0) is 14.5. The van der Waals surface area contributed by atoms with E-state index in [0.29, 0.717) is 23.8 Å². The van der Waals surface area contributed by atoms with Crippen LogP contribution in [-0.2, 0) is 11.3 Å². The first kappa shape index (κ1) is 14.2. The van der Waals surface area contributed by atoms with Gasteiger partial charge in [0.1, 0.15) is 5.70 Å². The summed E-state index contributed by atoms with van der Waals surface area (Å²) in [6, 6.07) is 7.42. The number of carbonyl (C=O) groups excluding carboxylic acids is 1. The normalized spacial score (nSPS) is 16.1. The predicted octanol–water partition coefficient (Wildman–Crippen LogP) is 0.148. The Balaban J connectivity index is 2.21. The van der Waals surface area contributed by atoms with E-state index >= 15 is 0 Å². The number of carbonyl (C=O) groups is 1. The highest BCUT2D eigenvalue weighted by Gasteiger charge is 2.19. The van der Waals surface area contributed by atoms with Gasteiger partial charge >= 0.3 is 0 Å². The van der Waals surface area contributed by atoms with Crippen LogP contribution in [0.4, 0.5) is 0 Å². The second kappa shape index (κ2) is 6.31. The zero-order valence-electron chi connectivity index (χ0n) is 11.4. The summed E-state index contributed by atoms with van der Waals surface area (Å²) in [5, 5.41) is 7.24. The molecule has 1 unspecified atom stereocenters. The fourth-order valence-corrected chi connectivity index (χ4v) is 1.91. The molecular formula is C14H19N5O. The molecule has 1 aliphatic heterocycles. The van der Waals surface area contributed by atoms with Crippen LogP contribution in [0.25, 0.3) is 0 Å². The number of rotatable bonds is 5. The van der Waals surface area contributed by atoms with E-state index in [-0.39, 0.29) is 6.04 Å². The van der Waals surface area contributed by atoms with Gasteiger partial charge in [-0.1, -0.05) is 31.2 Å². The van der Waals surface area contributed by atoms with Crippen LogP contribution < -0.4 is 22.2 Å². The molecule has 0 amide bonds. The number of nitrogens with zero attached hydrogens (tertiary/aromatic N) is 1. The van der Waals surface area contributed by atoms with Gasteiger partial charge in [0.2, 0.25) is 0 Å². The summed E-state index contributed by atoms with van der Waals surface area (Å²) >= 11 is 0. The molecule has 0 fully saturated rings. The van der Waals surface area contributed by atoms with Gasteiger partial charge in [0, 0.05) is 18.2 Å². The quantitative estimate of drug-likeness (QED) is 0.571. The van der Waals surface area contributed by atoms with E-state index in [4.69, 9.17) is 11.5 Å². The Bertz CT molecular complexity index is 547. The van der Waals surface area contributed by atoms with Gasteiger partial charge in [-0.15, -0.1) is 0 Å². The molecule has 6 heteroatoms. The summed E-state index contributed by atoms with van der Waals surface area (Å²) in [5.41, 5.74) is 17.3. The van der Waals surface area contributed by atoms with Crippen LogP contribution in [0.1, 0.15) is 24.5 Å². The maximum atomic E-state index is 11.2.